The van der Waals surface area contributed by atoms with Gasteiger partial charge >= 0.3 is 0 Å². The number of nitrogens with zero attached hydrogens (tertiary/aromatic N) is 2. The molecule has 0 amide bonds. The van der Waals surface area contributed by atoms with Gasteiger partial charge in [-0.1, -0.05) is 66.9 Å². The van der Waals surface area contributed by atoms with Crippen molar-refractivity contribution in [3.05, 3.63) is 63.9 Å². The van der Waals surface area contributed by atoms with E-state index in [0.717, 1.165) is 36.5 Å². The molecule has 0 saturated carbocycles. The van der Waals surface area contributed by atoms with Gasteiger partial charge in [0.1, 0.15) is 5.82 Å². The summed E-state index contributed by atoms with van der Waals surface area (Å²) in [6.07, 6.45) is 3.77. The Kier molecular flexibility index (Phi) is 4.55. The first-order chi connectivity index (χ1) is 10.7. The first kappa shape index (κ1) is 15.2. The number of fused-ring (bicyclic) bond motifs is 1. The molecule has 5 heteroatoms. The average molecular weight is 334 g/mol. The number of hydrogen-bond acceptors (Lipinski definition) is 2. The molecule has 1 N–H and O–H groups in total. The van der Waals surface area contributed by atoms with E-state index in [1.54, 1.807) is 6.07 Å². The summed E-state index contributed by atoms with van der Waals surface area (Å²) in [4.78, 5) is 4.67. The minimum atomic E-state index is 0.567. The van der Waals surface area contributed by atoms with Gasteiger partial charge in [0.05, 0.1) is 15.7 Å². The number of nitrogens with one attached hydrogen (secondary N) is 1. The zero-order chi connectivity index (χ0) is 15.5. The average Bonchev–Trinajstić information content (AvgIpc) is 2.85. The number of pyridine rings is 1. The monoisotopic (exact) mass is 333 g/mol. The molecule has 3 aromatic rings. The second-order valence-corrected chi connectivity index (χ2v) is 6.04. The highest BCUT2D eigenvalue weighted by Gasteiger charge is 2.14. The Labute approximate surface area is 139 Å². The fourth-order valence-electron chi connectivity index (χ4n) is 2.50. The Balaban J connectivity index is 2.00. The van der Waals surface area contributed by atoms with Gasteiger partial charge in [-0.2, -0.15) is 0 Å². The molecular weight excluding hydrogens is 317 g/mol. The zero-order valence-corrected chi connectivity index (χ0v) is 13.8. The van der Waals surface area contributed by atoms with Crippen LogP contribution < -0.4 is 5.32 Å². The molecule has 114 valence electrons. The van der Waals surface area contributed by atoms with Crippen LogP contribution in [-0.2, 0) is 13.0 Å². The van der Waals surface area contributed by atoms with Crippen LogP contribution in [0.2, 0.25) is 10.0 Å². The van der Waals surface area contributed by atoms with Gasteiger partial charge in [0.25, 0.3) is 0 Å². The van der Waals surface area contributed by atoms with Crippen molar-refractivity contribution in [1.29, 1.82) is 0 Å². The highest BCUT2D eigenvalue weighted by atomic mass is 35.5. The molecule has 3 nitrogen and oxygen atoms in total. The third kappa shape index (κ3) is 3.06. The minimum Gasteiger partial charge on any atom is -0.366 e. The van der Waals surface area contributed by atoms with Crippen LogP contribution in [0.25, 0.3) is 5.65 Å². The quantitative estimate of drug-likeness (QED) is 0.694. The van der Waals surface area contributed by atoms with E-state index >= 15 is 0 Å². The van der Waals surface area contributed by atoms with Gasteiger partial charge in [-0.25, -0.2) is 4.98 Å². The normalized spacial score (nSPS) is 11.0. The Morgan fingerprint density at radius 2 is 1.95 bits per heavy atom. The van der Waals surface area contributed by atoms with E-state index in [4.69, 9.17) is 23.2 Å². The molecule has 0 fully saturated rings. The third-order valence-electron chi connectivity index (χ3n) is 3.50. The van der Waals surface area contributed by atoms with Crippen LogP contribution in [0.1, 0.15) is 24.6 Å². The highest BCUT2D eigenvalue weighted by Crippen LogP contribution is 2.28. The smallest absolute Gasteiger partial charge is 0.157 e. The lowest BCUT2D eigenvalue weighted by atomic mass is 10.2. The second-order valence-electron chi connectivity index (χ2n) is 5.20. The first-order valence-corrected chi connectivity index (χ1v) is 8.08. The number of halogens is 2. The Bertz CT molecular complexity index is 781. The van der Waals surface area contributed by atoms with Gasteiger partial charge in [0.15, 0.2) is 5.65 Å². The molecular formula is C17H17Cl2N3. The molecule has 0 aliphatic carbocycles. The number of aryl methyl sites for hydroxylation is 1. The van der Waals surface area contributed by atoms with Crippen LogP contribution in [0.3, 0.4) is 0 Å². The van der Waals surface area contributed by atoms with Gasteiger partial charge < -0.3 is 5.32 Å². The van der Waals surface area contributed by atoms with Crippen LogP contribution in [0.5, 0.6) is 0 Å². The third-order valence-corrected chi connectivity index (χ3v) is 3.99. The van der Waals surface area contributed by atoms with Crippen LogP contribution in [0.15, 0.2) is 42.6 Å². The summed E-state index contributed by atoms with van der Waals surface area (Å²) in [6, 6.07) is 12.0. The van der Waals surface area contributed by atoms with Crippen LogP contribution in [0, 0.1) is 0 Å². The number of imidazole rings is 1. The lowest BCUT2D eigenvalue weighted by Gasteiger charge is -2.09. The number of anilines is 1. The fraction of sp³-hybridized carbons (Fsp3) is 0.235. The van der Waals surface area contributed by atoms with Crippen molar-refractivity contribution in [2.24, 2.45) is 0 Å². The predicted octanol–water partition coefficient (Wildman–Crippen LogP) is 5.21. The van der Waals surface area contributed by atoms with Gasteiger partial charge in [0, 0.05) is 12.7 Å². The lowest BCUT2D eigenvalue weighted by molar-refractivity contribution is 0.891. The van der Waals surface area contributed by atoms with Crippen molar-refractivity contribution in [1.82, 2.24) is 9.38 Å². The molecule has 22 heavy (non-hydrogen) atoms. The molecule has 1 aromatic carbocycles. The van der Waals surface area contributed by atoms with E-state index in [0.29, 0.717) is 10.0 Å². The summed E-state index contributed by atoms with van der Waals surface area (Å²) in [5, 5.41) is 4.64. The van der Waals surface area contributed by atoms with Crippen molar-refractivity contribution in [3.63, 3.8) is 0 Å². The summed E-state index contributed by atoms with van der Waals surface area (Å²) >= 11 is 12.4. The summed E-state index contributed by atoms with van der Waals surface area (Å²) in [7, 11) is 0. The Morgan fingerprint density at radius 3 is 2.68 bits per heavy atom. The molecule has 0 aliphatic rings. The minimum absolute atomic E-state index is 0.567. The van der Waals surface area contributed by atoms with Gasteiger partial charge in [-0.05, 0) is 18.1 Å². The van der Waals surface area contributed by atoms with Crippen molar-refractivity contribution >= 4 is 34.7 Å². The summed E-state index contributed by atoms with van der Waals surface area (Å²) < 4.78 is 1.94. The number of hydrogen-bond donors (Lipinski definition) is 1. The van der Waals surface area contributed by atoms with E-state index in [2.05, 4.69) is 29.4 Å². The van der Waals surface area contributed by atoms with E-state index in [9.17, 15) is 0 Å². The van der Waals surface area contributed by atoms with Gasteiger partial charge in [-0.15, -0.1) is 0 Å². The molecule has 3 rings (SSSR count). The SMILES string of the molecule is CCCc1nc2c(Cl)cc(Cl)cn2c1NCc1ccccc1. The standard InChI is InChI=1S/C17H17Cl2N3/c1-2-6-15-17(20-10-12-7-4-3-5-8-12)22-11-13(18)9-14(19)16(22)21-15/h3-5,7-9,11,20H,2,6,10H2,1H3. The number of aromatic nitrogens is 2. The second kappa shape index (κ2) is 6.59. The first-order valence-electron chi connectivity index (χ1n) is 7.33. The maximum Gasteiger partial charge on any atom is 0.157 e. The molecule has 0 atom stereocenters. The highest BCUT2D eigenvalue weighted by molar-refractivity contribution is 6.36. The fourth-order valence-corrected chi connectivity index (χ4v) is 3.01. The van der Waals surface area contributed by atoms with Crippen LogP contribution in [0.4, 0.5) is 5.82 Å². The zero-order valence-electron chi connectivity index (χ0n) is 12.3. The molecule has 2 heterocycles. The predicted molar refractivity (Wildman–Crippen MR) is 93.0 cm³/mol. The largest absolute Gasteiger partial charge is 0.366 e. The summed E-state index contributed by atoms with van der Waals surface area (Å²) in [5.41, 5.74) is 2.97. The molecule has 2 aromatic heterocycles. The van der Waals surface area contributed by atoms with E-state index in [1.807, 2.05) is 28.8 Å². The molecule has 0 unspecified atom stereocenters. The van der Waals surface area contributed by atoms with Crippen LogP contribution in [-0.4, -0.2) is 9.38 Å². The van der Waals surface area contributed by atoms with Gasteiger partial charge in [-0.3, -0.25) is 4.40 Å². The number of benzene rings is 1. The molecule has 0 spiro atoms. The van der Waals surface area contributed by atoms with Gasteiger partial charge in [0.2, 0.25) is 0 Å². The summed E-state index contributed by atoms with van der Waals surface area (Å²) in [5.74, 6) is 0.963. The molecule has 0 radical (unpaired) electrons. The Hall–Kier alpha value is -1.71. The maximum atomic E-state index is 6.27. The number of rotatable bonds is 5. The van der Waals surface area contributed by atoms with E-state index < -0.39 is 0 Å². The summed E-state index contributed by atoms with van der Waals surface area (Å²) in [6.45, 7) is 2.87. The topological polar surface area (TPSA) is 29.3 Å². The van der Waals surface area contributed by atoms with Crippen molar-refractivity contribution < 1.29 is 0 Å². The Morgan fingerprint density at radius 1 is 1.18 bits per heavy atom. The van der Waals surface area contributed by atoms with Crippen LogP contribution >= 0.6 is 23.2 Å². The van der Waals surface area contributed by atoms with E-state index in [-0.39, 0.29) is 0 Å². The van der Waals surface area contributed by atoms with Crippen molar-refractivity contribution in [2.45, 2.75) is 26.3 Å². The molecule has 0 bridgehead atoms. The molecule has 0 saturated heterocycles. The lowest BCUT2D eigenvalue weighted by Crippen LogP contribution is -2.04. The maximum absolute atomic E-state index is 6.27. The van der Waals surface area contributed by atoms with Crippen molar-refractivity contribution in [3.8, 4) is 0 Å². The van der Waals surface area contributed by atoms with Crippen molar-refractivity contribution in [2.75, 3.05) is 5.32 Å². The molecule has 0 aliphatic heterocycles. The van der Waals surface area contributed by atoms with E-state index in [1.165, 1.54) is 5.56 Å².